The van der Waals surface area contributed by atoms with E-state index in [2.05, 4.69) is 37.9 Å². The van der Waals surface area contributed by atoms with Gasteiger partial charge in [0.2, 0.25) is 0 Å². The van der Waals surface area contributed by atoms with E-state index in [4.69, 9.17) is 5.73 Å². The molecule has 0 bridgehead atoms. The summed E-state index contributed by atoms with van der Waals surface area (Å²) in [6.45, 7) is 10.9. The highest BCUT2D eigenvalue weighted by Crippen LogP contribution is 2.39. The van der Waals surface area contributed by atoms with Gasteiger partial charge in [0.1, 0.15) is 0 Å². The van der Waals surface area contributed by atoms with Crippen LogP contribution >= 0.6 is 0 Å². The Labute approximate surface area is 134 Å². The molecule has 0 aliphatic carbocycles. The highest BCUT2D eigenvalue weighted by Gasteiger charge is 2.46. The average Bonchev–Trinajstić information content (AvgIpc) is 2.35. The average molecular weight is 303 g/mol. The zero-order valence-corrected chi connectivity index (χ0v) is 14.4. The van der Waals surface area contributed by atoms with Gasteiger partial charge in [0, 0.05) is 22.7 Å². The summed E-state index contributed by atoms with van der Waals surface area (Å²) < 4.78 is 0. The SMILES string of the molecule is CC(N)N1C(C)(C)CC(NC(=O)c2ccccc2)CC1(C)C. The summed E-state index contributed by atoms with van der Waals surface area (Å²) in [4.78, 5) is 14.8. The van der Waals surface area contributed by atoms with Gasteiger partial charge in [-0.2, -0.15) is 0 Å². The van der Waals surface area contributed by atoms with Crippen LogP contribution in [0.15, 0.2) is 30.3 Å². The summed E-state index contributed by atoms with van der Waals surface area (Å²) in [6, 6.07) is 9.56. The lowest BCUT2D eigenvalue weighted by Crippen LogP contribution is -2.68. The van der Waals surface area contributed by atoms with E-state index < -0.39 is 0 Å². The number of amides is 1. The van der Waals surface area contributed by atoms with E-state index in [-0.39, 0.29) is 29.2 Å². The van der Waals surface area contributed by atoms with Crippen LogP contribution in [0.5, 0.6) is 0 Å². The monoisotopic (exact) mass is 303 g/mol. The van der Waals surface area contributed by atoms with E-state index in [1.165, 1.54) is 0 Å². The van der Waals surface area contributed by atoms with Crippen molar-refractivity contribution in [2.45, 2.75) is 70.7 Å². The molecule has 0 saturated carbocycles. The molecule has 1 saturated heterocycles. The third-order valence-corrected chi connectivity index (χ3v) is 4.57. The van der Waals surface area contributed by atoms with E-state index in [9.17, 15) is 4.79 Å². The van der Waals surface area contributed by atoms with Crippen molar-refractivity contribution in [3.8, 4) is 0 Å². The van der Waals surface area contributed by atoms with Crippen LogP contribution in [0, 0.1) is 0 Å². The molecule has 4 heteroatoms. The van der Waals surface area contributed by atoms with Crippen LogP contribution in [0.4, 0.5) is 0 Å². The molecular weight excluding hydrogens is 274 g/mol. The van der Waals surface area contributed by atoms with E-state index in [1.54, 1.807) is 0 Å². The molecule has 1 aliphatic rings. The van der Waals surface area contributed by atoms with Gasteiger partial charge in [0.25, 0.3) is 5.91 Å². The molecule has 1 fully saturated rings. The van der Waals surface area contributed by atoms with Crippen molar-refractivity contribution in [3.63, 3.8) is 0 Å². The number of likely N-dealkylation sites (tertiary alicyclic amines) is 1. The van der Waals surface area contributed by atoms with Crippen molar-refractivity contribution in [2.75, 3.05) is 0 Å². The zero-order chi connectivity index (χ0) is 16.5. The second-order valence-corrected chi connectivity index (χ2v) is 7.68. The summed E-state index contributed by atoms with van der Waals surface area (Å²) in [7, 11) is 0. The predicted molar refractivity (Wildman–Crippen MR) is 90.6 cm³/mol. The lowest BCUT2D eigenvalue weighted by Gasteiger charge is -2.57. The minimum atomic E-state index is -0.0510. The molecule has 1 amide bonds. The molecule has 1 aromatic carbocycles. The third-order valence-electron chi connectivity index (χ3n) is 4.57. The summed E-state index contributed by atoms with van der Waals surface area (Å²) in [5.74, 6) is 0.00597. The van der Waals surface area contributed by atoms with Crippen LogP contribution in [-0.4, -0.2) is 34.1 Å². The van der Waals surface area contributed by atoms with Crippen LogP contribution in [0.25, 0.3) is 0 Å². The first kappa shape index (κ1) is 17.0. The number of nitrogens with two attached hydrogens (primary N) is 1. The standard InChI is InChI=1S/C18H29N3O/c1-13(19)21-17(2,3)11-15(12-18(21,4)5)20-16(22)14-9-7-6-8-10-14/h6-10,13,15H,11-12,19H2,1-5H3,(H,20,22). The molecule has 1 aromatic rings. The van der Waals surface area contributed by atoms with Gasteiger partial charge in [-0.3, -0.25) is 9.69 Å². The number of benzene rings is 1. The van der Waals surface area contributed by atoms with Crippen molar-refractivity contribution in [1.82, 2.24) is 10.2 Å². The fraction of sp³-hybridized carbons (Fsp3) is 0.611. The molecule has 0 radical (unpaired) electrons. The number of piperidine rings is 1. The Kier molecular flexibility index (Phi) is 4.64. The zero-order valence-electron chi connectivity index (χ0n) is 14.4. The van der Waals surface area contributed by atoms with Crippen LogP contribution in [0.1, 0.15) is 57.8 Å². The van der Waals surface area contributed by atoms with Crippen LogP contribution in [0.2, 0.25) is 0 Å². The quantitative estimate of drug-likeness (QED) is 0.902. The molecule has 22 heavy (non-hydrogen) atoms. The highest BCUT2D eigenvalue weighted by atomic mass is 16.1. The second kappa shape index (κ2) is 6.01. The number of carbonyl (C=O) groups excluding carboxylic acids is 1. The normalized spacial score (nSPS) is 23.0. The lowest BCUT2D eigenvalue weighted by molar-refractivity contribution is -0.0648. The number of hydrogen-bond acceptors (Lipinski definition) is 3. The number of nitrogens with zero attached hydrogens (tertiary/aromatic N) is 1. The number of hydrogen-bond donors (Lipinski definition) is 2. The maximum absolute atomic E-state index is 12.4. The van der Waals surface area contributed by atoms with Crippen LogP contribution < -0.4 is 11.1 Å². The number of nitrogens with one attached hydrogen (secondary N) is 1. The summed E-state index contributed by atoms with van der Waals surface area (Å²) in [6.07, 6.45) is 1.79. The molecule has 0 spiro atoms. The van der Waals surface area contributed by atoms with Crippen molar-refractivity contribution in [3.05, 3.63) is 35.9 Å². The highest BCUT2D eigenvalue weighted by molar-refractivity contribution is 5.94. The van der Waals surface area contributed by atoms with Gasteiger partial charge in [0.15, 0.2) is 0 Å². The second-order valence-electron chi connectivity index (χ2n) is 7.68. The van der Waals surface area contributed by atoms with E-state index in [0.717, 1.165) is 12.8 Å². The summed E-state index contributed by atoms with van der Waals surface area (Å²) >= 11 is 0. The molecule has 0 aromatic heterocycles. The molecule has 1 heterocycles. The lowest BCUT2D eigenvalue weighted by atomic mass is 9.76. The van der Waals surface area contributed by atoms with E-state index in [0.29, 0.717) is 5.56 Å². The van der Waals surface area contributed by atoms with Gasteiger partial charge in [-0.15, -0.1) is 0 Å². The Bertz CT molecular complexity index is 504. The minimum absolute atomic E-state index is 0.00391. The Morgan fingerprint density at radius 2 is 1.68 bits per heavy atom. The topological polar surface area (TPSA) is 58.4 Å². The Morgan fingerprint density at radius 1 is 1.18 bits per heavy atom. The maximum Gasteiger partial charge on any atom is 0.251 e. The van der Waals surface area contributed by atoms with Gasteiger partial charge in [-0.05, 0) is 59.6 Å². The minimum Gasteiger partial charge on any atom is -0.349 e. The molecule has 1 atom stereocenters. The van der Waals surface area contributed by atoms with Crippen molar-refractivity contribution < 1.29 is 4.79 Å². The molecule has 1 unspecified atom stereocenters. The molecule has 4 nitrogen and oxygen atoms in total. The first-order chi connectivity index (χ1) is 10.1. The molecular formula is C18H29N3O. The van der Waals surface area contributed by atoms with Gasteiger partial charge in [-0.25, -0.2) is 0 Å². The molecule has 2 rings (SSSR count). The van der Waals surface area contributed by atoms with Gasteiger partial charge >= 0.3 is 0 Å². The van der Waals surface area contributed by atoms with Gasteiger partial charge in [-0.1, -0.05) is 18.2 Å². The predicted octanol–water partition coefficient (Wildman–Crippen LogP) is 2.74. The van der Waals surface area contributed by atoms with Crippen molar-refractivity contribution in [2.24, 2.45) is 5.73 Å². The van der Waals surface area contributed by atoms with Crippen LogP contribution in [0.3, 0.4) is 0 Å². The molecule has 1 aliphatic heterocycles. The van der Waals surface area contributed by atoms with Crippen molar-refractivity contribution in [1.29, 1.82) is 0 Å². The Balaban J connectivity index is 2.13. The first-order valence-electron chi connectivity index (χ1n) is 8.04. The fourth-order valence-corrected chi connectivity index (χ4v) is 4.36. The molecule has 122 valence electrons. The van der Waals surface area contributed by atoms with E-state index >= 15 is 0 Å². The first-order valence-corrected chi connectivity index (χ1v) is 8.04. The summed E-state index contributed by atoms with van der Waals surface area (Å²) in [5, 5.41) is 3.20. The van der Waals surface area contributed by atoms with Gasteiger partial charge < -0.3 is 11.1 Å². The summed E-state index contributed by atoms with van der Waals surface area (Å²) in [5.41, 5.74) is 6.81. The largest absolute Gasteiger partial charge is 0.349 e. The number of carbonyl (C=O) groups is 1. The van der Waals surface area contributed by atoms with Gasteiger partial charge in [0.05, 0.1) is 6.17 Å². The number of rotatable bonds is 3. The Morgan fingerprint density at radius 3 is 2.14 bits per heavy atom. The fourth-order valence-electron chi connectivity index (χ4n) is 4.36. The smallest absolute Gasteiger partial charge is 0.251 e. The maximum atomic E-state index is 12.4. The van der Waals surface area contributed by atoms with Crippen LogP contribution in [-0.2, 0) is 0 Å². The molecule has 3 N–H and O–H groups in total. The van der Waals surface area contributed by atoms with E-state index in [1.807, 2.05) is 37.3 Å². The van der Waals surface area contributed by atoms with Crippen molar-refractivity contribution >= 4 is 5.91 Å². The Hall–Kier alpha value is -1.39. The third kappa shape index (κ3) is 3.50.